The maximum atomic E-state index is 11.1. The first kappa shape index (κ1) is 22.6. The van der Waals surface area contributed by atoms with E-state index in [4.69, 9.17) is 9.47 Å². The molecule has 0 radical (unpaired) electrons. The molecule has 2 rings (SSSR count). The maximum absolute atomic E-state index is 11.1. The van der Waals surface area contributed by atoms with Gasteiger partial charge in [0, 0.05) is 19.3 Å². The topological polar surface area (TPSA) is 84.1 Å². The van der Waals surface area contributed by atoms with Crippen molar-refractivity contribution in [1.29, 1.82) is 0 Å². The molecule has 2 heterocycles. The molecule has 7 heteroatoms. The van der Waals surface area contributed by atoms with Crippen LogP contribution in [0, 0.1) is 19.1 Å². The predicted octanol–water partition coefficient (Wildman–Crippen LogP) is 3.95. The van der Waals surface area contributed by atoms with E-state index in [1.54, 1.807) is 19.3 Å². The van der Waals surface area contributed by atoms with Gasteiger partial charge in [-0.2, -0.15) is 4.73 Å². The number of hydrogen-bond donors (Lipinski definition) is 0. The van der Waals surface area contributed by atoms with E-state index in [0.29, 0.717) is 24.1 Å². The van der Waals surface area contributed by atoms with Crippen LogP contribution in [0.5, 0.6) is 11.8 Å². The van der Waals surface area contributed by atoms with Gasteiger partial charge in [-0.25, -0.2) is 9.97 Å². The molecule has 7 nitrogen and oxygen atoms in total. The van der Waals surface area contributed by atoms with Crippen LogP contribution in [0.2, 0.25) is 0 Å². The lowest BCUT2D eigenvalue weighted by atomic mass is 10.3. The highest BCUT2D eigenvalue weighted by Gasteiger charge is 2.08. The lowest BCUT2D eigenvalue weighted by Crippen LogP contribution is -2.30. The van der Waals surface area contributed by atoms with E-state index in [-0.39, 0.29) is 0 Å². The standard InChI is InChI=1S/C10H16N2O2.C10H16N2O/c1-3-4-5-8-14-10-9(2)12(13)7-6-11-10;1-3-4-5-8-13-10-9(2)11-6-7-12-10/h6-7H,3-5,8H2,1-2H3;6-7H,3-5,8H2,1-2H3. The molecule has 27 heavy (non-hydrogen) atoms. The molecule has 0 aromatic carbocycles. The average Bonchev–Trinajstić information content (AvgIpc) is 2.67. The van der Waals surface area contributed by atoms with Crippen LogP contribution in [0.25, 0.3) is 0 Å². The second kappa shape index (κ2) is 13.7. The van der Waals surface area contributed by atoms with Crippen molar-refractivity contribution >= 4 is 0 Å². The Balaban J connectivity index is 0.000000271. The predicted molar refractivity (Wildman–Crippen MR) is 105 cm³/mol. The average molecular weight is 377 g/mol. The quantitative estimate of drug-likeness (QED) is 0.355. The van der Waals surface area contributed by atoms with E-state index in [1.807, 2.05) is 6.92 Å². The van der Waals surface area contributed by atoms with Gasteiger partial charge in [-0.1, -0.05) is 39.5 Å². The van der Waals surface area contributed by atoms with Gasteiger partial charge >= 0.3 is 0 Å². The Morgan fingerprint density at radius 3 is 1.96 bits per heavy atom. The summed E-state index contributed by atoms with van der Waals surface area (Å²) < 4.78 is 11.6. The summed E-state index contributed by atoms with van der Waals surface area (Å²) >= 11 is 0. The number of unbranched alkanes of at least 4 members (excludes halogenated alkanes) is 4. The largest absolute Gasteiger partial charge is 0.618 e. The molecule has 0 N–H and O–H groups in total. The molecule has 2 aromatic heterocycles. The summed E-state index contributed by atoms with van der Waals surface area (Å²) in [6.07, 6.45) is 13.0. The second-order valence-corrected chi connectivity index (χ2v) is 6.20. The Morgan fingerprint density at radius 2 is 1.37 bits per heavy atom. The Morgan fingerprint density at radius 1 is 0.815 bits per heavy atom. The SMILES string of the molecule is CCCCCOc1ncc[n+]([O-])c1C.CCCCCOc1nccnc1C. The lowest BCUT2D eigenvalue weighted by Gasteiger charge is -2.06. The van der Waals surface area contributed by atoms with E-state index in [9.17, 15) is 5.21 Å². The van der Waals surface area contributed by atoms with Gasteiger partial charge in [0.15, 0.2) is 6.20 Å². The van der Waals surface area contributed by atoms with E-state index >= 15 is 0 Å². The third-order valence-electron chi connectivity index (χ3n) is 3.84. The van der Waals surface area contributed by atoms with E-state index in [2.05, 4.69) is 28.8 Å². The Hall–Kier alpha value is -2.44. The lowest BCUT2D eigenvalue weighted by molar-refractivity contribution is -0.613. The summed E-state index contributed by atoms with van der Waals surface area (Å²) in [5, 5.41) is 11.1. The molecule has 0 spiro atoms. The van der Waals surface area contributed by atoms with Crippen LogP contribution in [0.3, 0.4) is 0 Å². The summed E-state index contributed by atoms with van der Waals surface area (Å²) in [5.74, 6) is 1.11. The van der Waals surface area contributed by atoms with Crippen LogP contribution in [0.1, 0.15) is 63.8 Å². The van der Waals surface area contributed by atoms with Gasteiger partial charge in [0.25, 0.3) is 11.6 Å². The van der Waals surface area contributed by atoms with Crippen molar-refractivity contribution in [3.05, 3.63) is 41.4 Å². The zero-order valence-corrected chi connectivity index (χ0v) is 17.0. The third kappa shape index (κ3) is 9.17. The van der Waals surface area contributed by atoms with Crippen molar-refractivity contribution in [1.82, 2.24) is 15.0 Å². The van der Waals surface area contributed by atoms with Crippen LogP contribution >= 0.6 is 0 Å². The smallest absolute Gasteiger partial charge is 0.284 e. The first-order valence-corrected chi connectivity index (χ1v) is 9.68. The molecule has 0 aliphatic rings. The zero-order chi connectivity index (χ0) is 19.9. The molecule has 0 unspecified atom stereocenters. The highest BCUT2D eigenvalue weighted by atomic mass is 16.5. The molecular weight excluding hydrogens is 344 g/mol. The van der Waals surface area contributed by atoms with Crippen molar-refractivity contribution in [2.24, 2.45) is 0 Å². The number of hydrogen-bond acceptors (Lipinski definition) is 6. The minimum absolute atomic E-state index is 0.443. The number of nitrogens with zero attached hydrogens (tertiary/aromatic N) is 4. The Bertz CT molecular complexity index is 653. The molecule has 0 aliphatic carbocycles. The minimum Gasteiger partial charge on any atom is -0.618 e. The molecule has 0 bridgehead atoms. The van der Waals surface area contributed by atoms with Gasteiger partial charge in [-0.05, 0) is 19.8 Å². The first-order chi connectivity index (χ1) is 13.1. The van der Waals surface area contributed by atoms with Crippen molar-refractivity contribution in [2.75, 3.05) is 13.2 Å². The molecule has 0 atom stereocenters. The fraction of sp³-hybridized carbons (Fsp3) is 0.600. The summed E-state index contributed by atoms with van der Waals surface area (Å²) in [4.78, 5) is 12.2. The summed E-state index contributed by atoms with van der Waals surface area (Å²) in [6, 6.07) is 0. The van der Waals surface area contributed by atoms with Gasteiger partial charge in [0.05, 0.1) is 25.1 Å². The highest BCUT2D eigenvalue weighted by Crippen LogP contribution is 2.10. The molecule has 0 saturated carbocycles. The number of aromatic nitrogens is 4. The van der Waals surface area contributed by atoms with Crippen molar-refractivity contribution in [2.45, 2.75) is 66.2 Å². The monoisotopic (exact) mass is 376 g/mol. The molecule has 150 valence electrons. The second-order valence-electron chi connectivity index (χ2n) is 6.20. The van der Waals surface area contributed by atoms with Crippen molar-refractivity contribution in [3.8, 4) is 11.8 Å². The van der Waals surface area contributed by atoms with Crippen LogP contribution in [-0.4, -0.2) is 28.2 Å². The molecule has 0 fully saturated rings. The summed E-state index contributed by atoms with van der Waals surface area (Å²) in [5.41, 5.74) is 1.38. The minimum atomic E-state index is 0.443. The van der Waals surface area contributed by atoms with Crippen LogP contribution < -0.4 is 14.2 Å². The molecule has 0 saturated heterocycles. The summed E-state index contributed by atoms with van der Waals surface area (Å²) in [6.45, 7) is 9.29. The zero-order valence-electron chi connectivity index (χ0n) is 17.0. The van der Waals surface area contributed by atoms with E-state index in [1.165, 1.54) is 25.2 Å². The highest BCUT2D eigenvalue weighted by molar-refractivity contribution is 5.14. The maximum Gasteiger partial charge on any atom is 0.284 e. The van der Waals surface area contributed by atoms with Gasteiger partial charge in [-0.3, -0.25) is 4.98 Å². The third-order valence-corrected chi connectivity index (χ3v) is 3.84. The number of ether oxygens (including phenoxy) is 2. The first-order valence-electron chi connectivity index (χ1n) is 9.68. The fourth-order valence-corrected chi connectivity index (χ4v) is 2.18. The number of aryl methyl sites for hydroxylation is 1. The van der Waals surface area contributed by atoms with E-state index < -0.39 is 0 Å². The Labute approximate surface area is 162 Å². The van der Waals surface area contributed by atoms with Gasteiger partial charge in [0.2, 0.25) is 5.88 Å². The molecular formula is C20H32N4O3. The molecule has 0 aliphatic heterocycles. The fourth-order valence-electron chi connectivity index (χ4n) is 2.18. The van der Waals surface area contributed by atoms with Crippen molar-refractivity contribution in [3.63, 3.8) is 0 Å². The summed E-state index contributed by atoms with van der Waals surface area (Å²) in [7, 11) is 0. The van der Waals surface area contributed by atoms with Crippen LogP contribution in [0.4, 0.5) is 0 Å². The van der Waals surface area contributed by atoms with Crippen LogP contribution in [0.15, 0.2) is 24.8 Å². The molecule has 2 aromatic rings. The molecule has 0 amide bonds. The van der Waals surface area contributed by atoms with E-state index in [0.717, 1.165) is 42.7 Å². The normalized spacial score (nSPS) is 10.1. The van der Waals surface area contributed by atoms with Gasteiger partial charge in [-0.15, -0.1) is 0 Å². The van der Waals surface area contributed by atoms with Crippen LogP contribution in [-0.2, 0) is 0 Å². The van der Waals surface area contributed by atoms with Gasteiger partial charge < -0.3 is 14.7 Å². The van der Waals surface area contributed by atoms with Crippen molar-refractivity contribution < 1.29 is 14.2 Å². The Kier molecular flexibility index (Phi) is 11.5. The number of rotatable bonds is 10. The van der Waals surface area contributed by atoms with Gasteiger partial charge in [0.1, 0.15) is 0 Å².